The predicted octanol–water partition coefficient (Wildman–Crippen LogP) is 1.76. The number of anilines is 1. The van der Waals surface area contributed by atoms with E-state index in [1.165, 1.54) is 0 Å². The number of likely N-dealkylation sites (tertiary alicyclic amines) is 1. The van der Waals surface area contributed by atoms with Crippen LogP contribution in [-0.2, 0) is 23.1 Å². The van der Waals surface area contributed by atoms with E-state index in [1.807, 2.05) is 53.4 Å². The summed E-state index contributed by atoms with van der Waals surface area (Å²) >= 11 is 0. The number of fused-ring (bicyclic) bond motifs is 1. The summed E-state index contributed by atoms with van der Waals surface area (Å²) in [5.41, 5.74) is 1.87. The second-order valence-electron chi connectivity index (χ2n) is 6.85. The van der Waals surface area contributed by atoms with Crippen LogP contribution in [0.15, 0.2) is 42.7 Å². The van der Waals surface area contributed by atoms with Gasteiger partial charge in [-0.05, 0) is 18.4 Å². The molecule has 2 fully saturated rings. The molecule has 0 radical (unpaired) electrons. The highest BCUT2D eigenvalue weighted by molar-refractivity contribution is 5.95. The molecule has 6 heteroatoms. The summed E-state index contributed by atoms with van der Waals surface area (Å²) in [4.78, 5) is 29.1. The Hall–Kier alpha value is -2.63. The molecule has 6 nitrogen and oxygen atoms in total. The highest BCUT2D eigenvalue weighted by Gasteiger charge is 2.45. The smallest absolute Gasteiger partial charge is 0.227 e. The lowest BCUT2D eigenvalue weighted by atomic mass is 9.95. The van der Waals surface area contributed by atoms with E-state index in [0.717, 1.165) is 24.1 Å². The number of rotatable bonds is 3. The molecule has 2 amide bonds. The molecule has 2 saturated heterocycles. The third-order valence-electron chi connectivity index (χ3n) is 5.25. The highest BCUT2D eigenvalue weighted by atomic mass is 16.2. The van der Waals surface area contributed by atoms with E-state index < -0.39 is 0 Å². The number of hydrogen-bond donors (Lipinski definition) is 0. The van der Waals surface area contributed by atoms with Crippen LogP contribution in [-0.4, -0.2) is 45.1 Å². The van der Waals surface area contributed by atoms with Gasteiger partial charge in [-0.2, -0.15) is 5.10 Å². The fourth-order valence-corrected chi connectivity index (χ4v) is 4.11. The van der Waals surface area contributed by atoms with Crippen LogP contribution < -0.4 is 4.90 Å². The van der Waals surface area contributed by atoms with Crippen molar-refractivity contribution >= 4 is 17.5 Å². The third-order valence-corrected chi connectivity index (χ3v) is 5.25. The number of carbonyl (C=O) groups is 2. The average Bonchev–Trinajstić information content (AvgIpc) is 3.22. The van der Waals surface area contributed by atoms with Crippen molar-refractivity contribution in [2.45, 2.75) is 37.8 Å². The fraction of sp³-hybridized carbons (Fsp3) is 0.421. The summed E-state index contributed by atoms with van der Waals surface area (Å²) in [6.07, 6.45) is 6.08. The minimum atomic E-state index is 0.0603. The van der Waals surface area contributed by atoms with Crippen molar-refractivity contribution in [2.24, 2.45) is 7.05 Å². The molecular weight excluding hydrogens is 316 g/mol. The van der Waals surface area contributed by atoms with Gasteiger partial charge in [0.1, 0.15) is 0 Å². The Morgan fingerprint density at radius 1 is 1.20 bits per heavy atom. The Balaban J connectivity index is 1.53. The Morgan fingerprint density at radius 3 is 2.72 bits per heavy atom. The number of hydrogen-bond acceptors (Lipinski definition) is 3. The van der Waals surface area contributed by atoms with Gasteiger partial charge in [0.05, 0.1) is 30.4 Å². The van der Waals surface area contributed by atoms with Gasteiger partial charge in [0, 0.05) is 26.2 Å². The van der Waals surface area contributed by atoms with Crippen LogP contribution in [0.4, 0.5) is 5.69 Å². The molecule has 130 valence electrons. The molecule has 0 aliphatic carbocycles. The van der Waals surface area contributed by atoms with E-state index in [4.69, 9.17) is 0 Å². The lowest BCUT2D eigenvalue weighted by Gasteiger charge is -2.39. The minimum absolute atomic E-state index is 0.0603. The number of amides is 2. The molecule has 3 heterocycles. The van der Waals surface area contributed by atoms with Crippen molar-refractivity contribution in [3.8, 4) is 0 Å². The van der Waals surface area contributed by atoms with E-state index >= 15 is 0 Å². The van der Waals surface area contributed by atoms with Crippen LogP contribution >= 0.6 is 0 Å². The van der Waals surface area contributed by atoms with Gasteiger partial charge >= 0.3 is 0 Å². The number of benzene rings is 1. The van der Waals surface area contributed by atoms with Crippen LogP contribution in [0, 0.1) is 0 Å². The highest BCUT2D eigenvalue weighted by Crippen LogP contribution is 2.34. The summed E-state index contributed by atoms with van der Waals surface area (Å²) in [7, 11) is 1.85. The average molecular weight is 338 g/mol. The van der Waals surface area contributed by atoms with E-state index in [2.05, 4.69) is 5.10 Å². The Morgan fingerprint density at radius 2 is 2.00 bits per heavy atom. The second kappa shape index (κ2) is 6.35. The van der Waals surface area contributed by atoms with Gasteiger partial charge in [-0.1, -0.05) is 30.3 Å². The van der Waals surface area contributed by atoms with E-state index in [9.17, 15) is 9.59 Å². The maximum atomic E-state index is 12.8. The molecule has 2 aromatic rings. The van der Waals surface area contributed by atoms with Gasteiger partial charge in [0.2, 0.25) is 11.8 Å². The van der Waals surface area contributed by atoms with E-state index in [-0.39, 0.29) is 23.9 Å². The van der Waals surface area contributed by atoms with Crippen molar-refractivity contribution < 1.29 is 9.59 Å². The van der Waals surface area contributed by atoms with Crippen molar-refractivity contribution in [1.82, 2.24) is 14.7 Å². The Bertz CT molecular complexity index is 786. The molecule has 25 heavy (non-hydrogen) atoms. The first-order chi connectivity index (χ1) is 12.1. The summed E-state index contributed by atoms with van der Waals surface area (Å²) < 4.78 is 1.71. The SMILES string of the molecule is Cn1cc(N2C(=O)CC[C@@H]3[C@H]2CCN3C(=O)Cc2ccccc2)cn1. The summed E-state index contributed by atoms with van der Waals surface area (Å²) in [6, 6.07) is 10.0. The molecule has 1 aromatic carbocycles. The first kappa shape index (κ1) is 15.9. The van der Waals surface area contributed by atoms with Crippen LogP contribution in [0.25, 0.3) is 0 Å². The standard InChI is InChI=1S/C19H22N4O2/c1-21-13-15(12-20-21)23-17-9-10-22(16(17)7-8-18(23)24)19(25)11-14-5-3-2-4-6-14/h2-6,12-13,16-17H,7-11H2,1H3/t16-,17-/m1/s1. The normalized spacial score (nSPS) is 23.0. The summed E-state index contributed by atoms with van der Waals surface area (Å²) in [5, 5.41) is 4.19. The second-order valence-corrected chi connectivity index (χ2v) is 6.85. The number of aryl methyl sites for hydroxylation is 1. The number of aromatic nitrogens is 2. The van der Waals surface area contributed by atoms with Gasteiger partial charge in [-0.25, -0.2) is 0 Å². The fourth-order valence-electron chi connectivity index (χ4n) is 4.11. The van der Waals surface area contributed by atoms with Gasteiger partial charge in [0.25, 0.3) is 0 Å². The zero-order valence-electron chi connectivity index (χ0n) is 14.3. The largest absolute Gasteiger partial charge is 0.337 e. The quantitative estimate of drug-likeness (QED) is 0.857. The topological polar surface area (TPSA) is 58.4 Å². The summed E-state index contributed by atoms with van der Waals surface area (Å²) in [6.45, 7) is 0.713. The number of nitrogens with zero attached hydrogens (tertiary/aromatic N) is 4. The predicted molar refractivity (Wildman–Crippen MR) is 94.0 cm³/mol. The Kier molecular flexibility index (Phi) is 4.03. The molecule has 0 N–H and O–H groups in total. The molecule has 4 rings (SSSR count). The zero-order chi connectivity index (χ0) is 17.4. The van der Waals surface area contributed by atoms with Gasteiger partial charge in [-0.3, -0.25) is 14.3 Å². The lowest BCUT2D eigenvalue weighted by molar-refractivity contribution is -0.133. The van der Waals surface area contributed by atoms with Crippen LogP contribution in [0.1, 0.15) is 24.8 Å². The first-order valence-electron chi connectivity index (χ1n) is 8.77. The zero-order valence-corrected chi connectivity index (χ0v) is 14.3. The maximum absolute atomic E-state index is 12.8. The molecular formula is C19H22N4O2. The molecule has 2 aliphatic heterocycles. The molecule has 0 bridgehead atoms. The molecule has 0 spiro atoms. The first-order valence-corrected chi connectivity index (χ1v) is 8.77. The minimum Gasteiger partial charge on any atom is -0.337 e. The molecule has 2 atom stereocenters. The van der Waals surface area contributed by atoms with Gasteiger partial charge in [0.15, 0.2) is 0 Å². The van der Waals surface area contributed by atoms with Crippen LogP contribution in [0.2, 0.25) is 0 Å². The van der Waals surface area contributed by atoms with Gasteiger partial charge < -0.3 is 9.80 Å². The van der Waals surface area contributed by atoms with E-state index in [1.54, 1.807) is 10.9 Å². The van der Waals surface area contributed by atoms with E-state index in [0.29, 0.717) is 19.4 Å². The van der Waals surface area contributed by atoms with Crippen molar-refractivity contribution in [2.75, 3.05) is 11.4 Å². The Labute approximate surface area is 147 Å². The van der Waals surface area contributed by atoms with Crippen LogP contribution in [0.5, 0.6) is 0 Å². The molecule has 1 aromatic heterocycles. The molecule has 0 unspecified atom stereocenters. The molecule has 0 saturated carbocycles. The molecule has 2 aliphatic rings. The monoisotopic (exact) mass is 338 g/mol. The van der Waals surface area contributed by atoms with Crippen molar-refractivity contribution in [3.63, 3.8) is 0 Å². The summed E-state index contributed by atoms with van der Waals surface area (Å²) in [5.74, 6) is 0.283. The van der Waals surface area contributed by atoms with Crippen molar-refractivity contribution in [1.29, 1.82) is 0 Å². The van der Waals surface area contributed by atoms with Gasteiger partial charge in [-0.15, -0.1) is 0 Å². The maximum Gasteiger partial charge on any atom is 0.227 e. The number of piperidine rings is 1. The number of carbonyl (C=O) groups excluding carboxylic acids is 2. The van der Waals surface area contributed by atoms with Crippen LogP contribution in [0.3, 0.4) is 0 Å². The lowest BCUT2D eigenvalue weighted by Crippen LogP contribution is -2.53. The van der Waals surface area contributed by atoms with Crippen molar-refractivity contribution in [3.05, 3.63) is 48.3 Å². The third kappa shape index (κ3) is 2.92.